The molecule has 1 aliphatic rings. The maximum Gasteiger partial charge on any atom is 0.126 e. The summed E-state index contributed by atoms with van der Waals surface area (Å²) >= 11 is 0. The molecule has 0 radical (unpaired) electrons. The van der Waals surface area contributed by atoms with Crippen LogP contribution in [0.2, 0.25) is 0 Å². The Labute approximate surface area is 87.7 Å². The second-order valence-corrected chi connectivity index (χ2v) is 4.42. The molecule has 3 heteroatoms. The van der Waals surface area contributed by atoms with Crippen LogP contribution in [0.1, 0.15) is 24.8 Å². The van der Waals surface area contributed by atoms with Crippen LogP contribution in [0.15, 0.2) is 18.2 Å². The van der Waals surface area contributed by atoms with Crippen molar-refractivity contribution < 1.29 is 13.9 Å². The summed E-state index contributed by atoms with van der Waals surface area (Å²) in [5.41, 5.74) is 0.179. The van der Waals surface area contributed by atoms with E-state index in [0.29, 0.717) is 12.0 Å². The lowest BCUT2D eigenvalue weighted by Gasteiger charge is -2.40. The molecule has 1 N–H and O–H groups in total. The van der Waals surface area contributed by atoms with Crippen LogP contribution in [-0.2, 0) is 6.42 Å². The minimum atomic E-state index is -0.418. The van der Waals surface area contributed by atoms with Gasteiger partial charge in [-0.15, -0.1) is 0 Å². The lowest BCUT2D eigenvalue weighted by atomic mass is 9.66. The Hall–Kier alpha value is -0.960. The van der Waals surface area contributed by atoms with E-state index >= 15 is 0 Å². The van der Waals surface area contributed by atoms with Crippen LogP contribution in [0, 0.1) is 17.0 Å². The molecule has 0 saturated heterocycles. The molecule has 1 saturated carbocycles. The number of halogens is 2. The molecule has 2 rings (SSSR count). The summed E-state index contributed by atoms with van der Waals surface area (Å²) in [6.07, 6.45) is 3.31. The number of hydrogen-bond donors (Lipinski definition) is 1. The number of hydrogen-bond acceptors (Lipinski definition) is 1. The van der Waals surface area contributed by atoms with Gasteiger partial charge in [-0.1, -0.05) is 6.42 Å². The minimum Gasteiger partial charge on any atom is -0.396 e. The van der Waals surface area contributed by atoms with Crippen LogP contribution >= 0.6 is 0 Å². The van der Waals surface area contributed by atoms with Crippen molar-refractivity contribution in [1.29, 1.82) is 0 Å². The number of aliphatic hydroxyl groups is 1. The Morgan fingerprint density at radius 1 is 1.27 bits per heavy atom. The Morgan fingerprint density at radius 2 is 2.00 bits per heavy atom. The fourth-order valence-electron chi connectivity index (χ4n) is 2.15. The average molecular weight is 212 g/mol. The van der Waals surface area contributed by atoms with Gasteiger partial charge in [-0.05, 0) is 48.4 Å². The summed E-state index contributed by atoms with van der Waals surface area (Å²) in [5.74, 6) is -0.796. The van der Waals surface area contributed by atoms with Gasteiger partial charge < -0.3 is 5.11 Å². The standard InChI is InChI=1S/C12H14F2O/c13-10-2-3-11(14)9(6-10)7-12(8-15)4-1-5-12/h2-3,6,15H,1,4-5,7-8H2. The van der Waals surface area contributed by atoms with E-state index in [0.717, 1.165) is 31.4 Å². The van der Waals surface area contributed by atoms with Crippen LogP contribution in [0.4, 0.5) is 8.78 Å². The van der Waals surface area contributed by atoms with Crippen LogP contribution in [0.5, 0.6) is 0 Å². The zero-order valence-corrected chi connectivity index (χ0v) is 8.47. The van der Waals surface area contributed by atoms with Gasteiger partial charge in [0.15, 0.2) is 0 Å². The zero-order valence-electron chi connectivity index (χ0n) is 8.47. The summed E-state index contributed by atoms with van der Waals surface area (Å²) in [7, 11) is 0. The smallest absolute Gasteiger partial charge is 0.126 e. The summed E-state index contributed by atoms with van der Waals surface area (Å²) < 4.78 is 26.3. The molecule has 15 heavy (non-hydrogen) atoms. The Kier molecular flexibility index (Phi) is 2.74. The van der Waals surface area contributed by atoms with E-state index in [4.69, 9.17) is 0 Å². The highest BCUT2D eigenvalue weighted by Crippen LogP contribution is 2.43. The number of rotatable bonds is 3. The van der Waals surface area contributed by atoms with Crippen molar-refractivity contribution >= 4 is 0 Å². The van der Waals surface area contributed by atoms with Crippen LogP contribution < -0.4 is 0 Å². The lowest BCUT2D eigenvalue weighted by Crippen LogP contribution is -2.35. The molecule has 0 amide bonds. The second-order valence-electron chi connectivity index (χ2n) is 4.42. The highest BCUT2D eigenvalue weighted by atomic mass is 19.1. The van der Waals surface area contributed by atoms with Crippen molar-refractivity contribution in [3.63, 3.8) is 0 Å². The molecule has 0 atom stereocenters. The molecule has 0 bridgehead atoms. The quantitative estimate of drug-likeness (QED) is 0.816. The first-order valence-corrected chi connectivity index (χ1v) is 5.20. The van der Waals surface area contributed by atoms with Gasteiger partial charge in [-0.25, -0.2) is 8.78 Å². The van der Waals surface area contributed by atoms with Crippen molar-refractivity contribution in [2.24, 2.45) is 5.41 Å². The van der Waals surface area contributed by atoms with Crippen LogP contribution in [-0.4, -0.2) is 11.7 Å². The van der Waals surface area contributed by atoms with E-state index in [1.54, 1.807) is 0 Å². The monoisotopic (exact) mass is 212 g/mol. The van der Waals surface area contributed by atoms with Crippen LogP contribution in [0.3, 0.4) is 0 Å². The number of benzene rings is 1. The van der Waals surface area contributed by atoms with E-state index < -0.39 is 5.82 Å². The average Bonchev–Trinajstić information content (AvgIpc) is 2.17. The van der Waals surface area contributed by atoms with Gasteiger partial charge in [0, 0.05) is 6.61 Å². The molecular formula is C12H14F2O. The fraction of sp³-hybridized carbons (Fsp3) is 0.500. The molecule has 82 valence electrons. The number of aliphatic hydroxyl groups excluding tert-OH is 1. The third-order valence-electron chi connectivity index (χ3n) is 3.32. The van der Waals surface area contributed by atoms with Crippen molar-refractivity contribution in [2.75, 3.05) is 6.61 Å². The first-order valence-electron chi connectivity index (χ1n) is 5.20. The van der Waals surface area contributed by atoms with Gasteiger partial charge in [0.1, 0.15) is 11.6 Å². The first kappa shape index (κ1) is 10.6. The molecule has 0 heterocycles. The van der Waals surface area contributed by atoms with Gasteiger partial charge in [-0.2, -0.15) is 0 Å². The van der Waals surface area contributed by atoms with Crippen molar-refractivity contribution in [3.8, 4) is 0 Å². The maximum atomic E-state index is 13.3. The van der Waals surface area contributed by atoms with E-state index in [2.05, 4.69) is 0 Å². The molecule has 1 aromatic carbocycles. The van der Waals surface area contributed by atoms with Gasteiger partial charge in [-0.3, -0.25) is 0 Å². The summed E-state index contributed by atoms with van der Waals surface area (Å²) in [4.78, 5) is 0. The van der Waals surface area contributed by atoms with Crippen molar-refractivity contribution in [3.05, 3.63) is 35.4 Å². The van der Waals surface area contributed by atoms with Crippen molar-refractivity contribution in [2.45, 2.75) is 25.7 Å². The topological polar surface area (TPSA) is 20.2 Å². The summed E-state index contributed by atoms with van der Waals surface area (Å²) in [6.45, 7) is 0.0585. The van der Waals surface area contributed by atoms with E-state index in [9.17, 15) is 13.9 Å². The minimum absolute atomic E-state index is 0.0585. The first-order chi connectivity index (χ1) is 7.15. The lowest BCUT2D eigenvalue weighted by molar-refractivity contribution is 0.0442. The van der Waals surface area contributed by atoms with Gasteiger partial charge >= 0.3 is 0 Å². The SMILES string of the molecule is OCC1(Cc2cc(F)ccc2F)CCC1. The van der Waals surface area contributed by atoms with E-state index in [-0.39, 0.29) is 17.8 Å². The second kappa shape index (κ2) is 3.89. The van der Waals surface area contributed by atoms with Crippen molar-refractivity contribution in [1.82, 2.24) is 0 Å². The van der Waals surface area contributed by atoms with E-state index in [1.807, 2.05) is 0 Å². The Morgan fingerprint density at radius 3 is 2.53 bits per heavy atom. The van der Waals surface area contributed by atoms with Gasteiger partial charge in [0.25, 0.3) is 0 Å². The summed E-state index contributed by atoms with van der Waals surface area (Å²) in [5, 5.41) is 9.24. The highest BCUT2D eigenvalue weighted by Gasteiger charge is 2.36. The third-order valence-corrected chi connectivity index (χ3v) is 3.32. The molecule has 1 aromatic rings. The largest absolute Gasteiger partial charge is 0.396 e. The molecule has 1 nitrogen and oxygen atoms in total. The molecule has 0 aromatic heterocycles. The molecular weight excluding hydrogens is 198 g/mol. The predicted octanol–water partition coefficient (Wildman–Crippen LogP) is 2.67. The Bertz CT molecular complexity index is 353. The van der Waals surface area contributed by atoms with Crippen LogP contribution in [0.25, 0.3) is 0 Å². The molecule has 1 fully saturated rings. The molecule has 0 spiro atoms. The molecule has 0 aliphatic heterocycles. The fourth-order valence-corrected chi connectivity index (χ4v) is 2.15. The highest BCUT2D eigenvalue weighted by molar-refractivity contribution is 5.21. The maximum absolute atomic E-state index is 13.3. The predicted molar refractivity (Wildman–Crippen MR) is 53.4 cm³/mol. The zero-order chi connectivity index (χ0) is 10.9. The molecule has 1 aliphatic carbocycles. The van der Waals surface area contributed by atoms with Gasteiger partial charge in [0.2, 0.25) is 0 Å². The third kappa shape index (κ3) is 2.02. The van der Waals surface area contributed by atoms with E-state index in [1.165, 1.54) is 6.07 Å². The van der Waals surface area contributed by atoms with Gasteiger partial charge in [0.05, 0.1) is 0 Å². The molecule has 0 unspecified atom stereocenters. The Balaban J connectivity index is 2.19. The summed E-state index contributed by atoms with van der Waals surface area (Å²) in [6, 6.07) is 3.49. The normalized spacial score (nSPS) is 18.6.